The number of hydrogen-bond acceptors (Lipinski definition) is 11. The number of phenolic OH excluding ortho intramolecular Hbond substituents is 1. The van der Waals surface area contributed by atoms with Crippen LogP contribution >= 0.6 is 0 Å². The van der Waals surface area contributed by atoms with Crippen LogP contribution in [0.4, 0.5) is 0 Å². The Kier molecular flexibility index (Phi) is 10.0. The summed E-state index contributed by atoms with van der Waals surface area (Å²) in [4.78, 5) is 20.2. The number of aliphatic hydroxyl groups is 3. The molecule has 0 aromatic heterocycles. The molecule has 0 saturated heterocycles. The van der Waals surface area contributed by atoms with Crippen molar-refractivity contribution >= 4 is 11.5 Å². The van der Waals surface area contributed by atoms with Gasteiger partial charge in [-0.1, -0.05) is 61.8 Å². The minimum absolute atomic E-state index is 0.0559. The summed E-state index contributed by atoms with van der Waals surface area (Å²) >= 11 is 0. The SMILES string of the molecule is C[C@H]1C=C[C@@H]([C@@H](O)CC(=O)CCc2cc3c(cc2O)OC#CC2(CCCC2)[C@@H]2C#C[C@H](O)c4ccc5c(c4CC4=CN=C6CN(C=C46)[C@H]2O3)CCN[C@@H]5N)[C@H](O)C1. The number of ketones is 1. The second-order valence-corrected chi connectivity index (χ2v) is 16.9. The average Bonchev–Trinajstić information content (AvgIpc) is 3.93. The molecule has 0 radical (unpaired) electrons. The number of benzene rings is 2. The van der Waals surface area contributed by atoms with Gasteiger partial charge in [-0.25, -0.2) is 0 Å². The molecule has 2 aliphatic carbocycles. The minimum Gasteiger partial charge on any atom is -0.508 e. The number of nitrogens with zero attached hydrogens (tertiary/aromatic N) is 2. The molecule has 0 amide bonds. The lowest BCUT2D eigenvalue weighted by Gasteiger charge is -2.39. The molecule has 1 fully saturated rings. The quantitative estimate of drug-likeness (QED) is 0.183. The molecule has 5 aliphatic heterocycles. The van der Waals surface area contributed by atoms with E-state index >= 15 is 0 Å². The summed E-state index contributed by atoms with van der Waals surface area (Å²) in [5, 5.41) is 47.8. The van der Waals surface area contributed by atoms with Gasteiger partial charge in [0.25, 0.3) is 0 Å². The molecular weight excluding hydrogens is 721 g/mol. The molecule has 5 heterocycles. The number of nitrogens with two attached hydrogens (primary N) is 1. The van der Waals surface area contributed by atoms with E-state index in [0.717, 1.165) is 77.8 Å². The number of aliphatic imine (C=N–C) groups is 1. The Balaban J connectivity index is 1.06. The number of aromatic hydroxyl groups is 1. The number of carbonyl (C=O) groups excluding carboxylic acids is 1. The maximum atomic E-state index is 13.1. The van der Waals surface area contributed by atoms with Crippen LogP contribution < -0.4 is 20.5 Å². The summed E-state index contributed by atoms with van der Waals surface area (Å²) in [6, 6.07) is 7.16. The second kappa shape index (κ2) is 15.1. The molecule has 9 rings (SSSR count). The van der Waals surface area contributed by atoms with Crippen molar-refractivity contribution in [1.82, 2.24) is 10.2 Å². The fourth-order valence-electron chi connectivity index (χ4n) is 9.93. The highest BCUT2D eigenvalue weighted by molar-refractivity contribution is 6.09. The zero-order valence-electron chi connectivity index (χ0n) is 32.2. The normalized spacial score (nSPS) is 29.5. The van der Waals surface area contributed by atoms with Gasteiger partial charge in [0.1, 0.15) is 23.7 Å². The summed E-state index contributed by atoms with van der Waals surface area (Å²) in [5.74, 6) is 9.89. The van der Waals surface area contributed by atoms with Crippen LogP contribution in [0.15, 0.2) is 65.0 Å². The van der Waals surface area contributed by atoms with E-state index in [4.69, 9.17) is 20.2 Å². The summed E-state index contributed by atoms with van der Waals surface area (Å²) in [5.41, 5.74) is 13.4. The lowest BCUT2D eigenvalue weighted by Crippen LogP contribution is -2.47. The summed E-state index contributed by atoms with van der Waals surface area (Å²) < 4.78 is 13.1. The number of Topliss-reactive ketones (excluding diaryl/α,β-unsaturated/α-hetero) is 1. The monoisotopic (exact) mass is 770 g/mol. The molecule has 11 heteroatoms. The van der Waals surface area contributed by atoms with Gasteiger partial charge in [-0.05, 0) is 77.5 Å². The van der Waals surface area contributed by atoms with E-state index < -0.39 is 41.8 Å². The Morgan fingerprint density at radius 3 is 2.77 bits per heavy atom. The van der Waals surface area contributed by atoms with E-state index in [2.05, 4.69) is 40.3 Å². The summed E-state index contributed by atoms with van der Waals surface area (Å²) in [6.07, 6.45) is 12.6. The van der Waals surface area contributed by atoms with E-state index in [1.807, 2.05) is 37.4 Å². The van der Waals surface area contributed by atoms with Crippen molar-refractivity contribution in [1.29, 1.82) is 0 Å². The highest BCUT2D eigenvalue weighted by atomic mass is 16.5. The Labute approximate surface area is 333 Å². The highest BCUT2D eigenvalue weighted by Crippen LogP contribution is 2.49. The van der Waals surface area contributed by atoms with Gasteiger partial charge in [0, 0.05) is 55.8 Å². The number of allylic oxidation sites excluding steroid dienone is 2. The second-order valence-electron chi connectivity index (χ2n) is 16.9. The van der Waals surface area contributed by atoms with Crippen LogP contribution in [0.3, 0.4) is 0 Å². The van der Waals surface area contributed by atoms with E-state index in [9.17, 15) is 25.2 Å². The lowest BCUT2D eigenvalue weighted by molar-refractivity contribution is -0.122. The minimum atomic E-state index is -1.07. The number of nitrogens with one attached hydrogen (secondary N) is 1. The molecule has 1 saturated carbocycles. The number of fused-ring (bicyclic) bond motifs is 8. The first-order valence-electron chi connectivity index (χ1n) is 20.4. The predicted molar refractivity (Wildman–Crippen MR) is 214 cm³/mol. The zero-order chi connectivity index (χ0) is 39.4. The molecule has 0 unspecified atom stereocenters. The number of aliphatic hydroxyl groups excluding tert-OH is 3. The van der Waals surface area contributed by atoms with Crippen LogP contribution in [0.2, 0.25) is 0 Å². The Morgan fingerprint density at radius 1 is 1.12 bits per heavy atom. The molecule has 1 spiro atoms. The first-order valence-corrected chi connectivity index (χ1v) is 20.4. The highest BCUT2D eigenvalue weighted by Gasteiger charge is 2.49. The first-order chi connectivity index (χ1) is 27.6. The molecular formula is C46H50N4O7. The maximum absolute atomic E-state index is 13.1. The molecule has 7 aliphatic rings. The smallest absolute Gasteiger partial charge is 0.187 e. The van der Waals surface area contributed by atoms with Gasteiger partial charge in [0.05, 0.1) is 42.0 Å². The van der Waals surface area contributed by atoms with Crippen molar-refractivity contribution < 1.29 is 34.7 Å². The van der Waals surface area contributed by atoms with Gasteiger partial charge in [0.2, 0.25) is 0 Å². The van der Waals surface area contributed by atoms with Crippen molar-refractivity contribution in [2.45, 2.75) is 102 Å². The van der Waals surface area contributed by atoms with Crippen LogP contribution in [-0.4, -0.2) is 68.3 Å². The van der Waals surface area contributed by atoms with Crippen LogP contribution in [0.25, 0.3) is 0 Å². The van der Waals surface area contributed by atoms with Crippen LogP contribution in [0.1, 0.15) is 92.0 Å². The average molecular weight is 771 g/mol. The standard InChI is InChI=1S/C46H50N4O7/c1-26-4-7-33(40(54)18-26)41(55)21-29(51)6-5-27-20-43-42(22-39(27)53)56-17-15-46(13-2-3-14-46)36-10-11-38(52)31-8-9-32-30(12-16-48-44(32)47)34(31)19-28-23-49-37-25-50(24-35(28)37)45(36)57-43/h4,7-9,20,22-24,26,33,36,38,40-41,44-45,48,52-55H,2-3,5-6,12-14,16,18-19,21,25,47H2,1H3/t26-,33+,36+,38-,40+,41-,44-,45-/m0/s1. The third kappa shape index (κ3) is 7.07. The molecule has 296 valence electrons. The Morgan fingerprint density at radius 2 is 1.95 bits per heavy atom. The summed E-state index contributed by atoms with van der Waals surface area (Å²) in [6.45, 7) is 3.24. The van der Waals surface area contributed by atoms with Crippen molar-refractivity contribution in [2.24, 2.45) is 33.9 Å². The predicted octanol–water partition coefficient (Wildman–Crippen LogP) is 4.39. The number of aryl methyl sites for hydroxylation is 1. The maximum Gasteiger partial charge on any atom is 0.187 e. The fraction of sp³-hybridized carbons (Fsp3) is 0.478. The third-order valence-corrected chi connectivity index (χ3v) is 13.1. The number of phenols is 1. The molecule has 7 N–H and O–H groups in total. The molecule has 2 aromatic rings. The van der Waals surface area contributed by atoms with E-state index in [1.165, 1.54) is 6.07 Å². The first kappa shape index (κ1) is 37.7. The van der Waals surface area contributed by atoms with Gasteiger partial charge >= 0.3 is 0 Å². The lowest BCUT2D eigenvalue weighted by atomic mass is 9.73. The number of rotatable bonds is 6. The molecule has 11 nitrogen and oxygen atoms in total. The van der Waals surface area contributed by atoms with Crippen molar-refractivity contribution in [3.8, 4) is 41.1 Å². The zero-order valence-corrected chi connectivity index (χ0v) is 32.2. The van der Waals surface area contributed by atoms with E-state index in [0.29, 0.717) is 30.7 Å². The van der Waals surface area contributed by atoms with Crippen molar-refractivity contribution in [2.75, 3.05) is 13.1 Å². The van der Waals surface area contributed by atoms with Gasteiger partial charge < -0.3 is 40.5 Å². The van der Waals surface area contributed by atoms with Crippen LogP contribution in [-0.2, 0) is 24.1 Å². The van der Waals surface area contributed by atoms with Gasteiger partial charge in [-0.15, -0.1) is 0 Å². The summed E-state index contributed by atoms with van der Waals surface area (Å²) in [7, 11) is 0. The van der Waals surface area contributed by atoms with Crippen molar-refractivity contribution in [3.63, 3.8) is 0 Å². The molecule has 57 heavy (non-hydrogen) atoms. The Hall–Kier alpha value is -4.88. The Bertz CT molecular complexity index is 2230. The van der Waals surface area contributed by atoms with Crippen LogP contribution in [0.5, 0.6) is 17.2 Å². The van der Waals surface area contributed by atoms with Gasteiger partial charge in [-0.2, -0.15) is 0 Å². The largest absolute Gasteiger partial charge is 0.508 e. The third-order valence-electron chi connectivity index (χ3n) is 13.1. The topological polar surface area (TPSA) is 170 Å². The van der Waals surface area contributed by atoms with Gasteiger partial charge in [-0.3, -0.25) is 15.1 Å². The van der Waals surface area contributed by atoms with Crippen molar-refractivity contribution in [3.05, 3.63) is 87.8 Å². The van der Waals surface area contributed by atoms with Crippen LogP contribution in [0, 0.1) is 47.0 Å². The number of ether oxygens (including phenoxy) is 2. The van der Waals surface area contributed by atoms with Gasteiger partial charge in [0.15, 0.2) is 17.7 Å². The molecule has 2 bridgehead atoms. The van der Waals surface area contributed by atoms with E-state index in [-0.39, 0.29) is 48.6 Å². The van der Waals surface area contributed by atoms with E-state index in [1.54, 1.807) is 6.07 Å². The number of hydrogen-bond donors (Lipinski definition) is 6. The molecule has 8 atom stereocenters. The fourth-order valence-corrected chi connectivity index (χ4v) is 9.93. The number of carbonyl (C=O) groups is 1. The molecule has 2 aromatic carbocycles.